The SMILES string of the molecule is CC(C)(C)OC(=O)N[C@@H](CC1CCCCC1)C(O)c1nnc(C2CC2)o1. The highest BCUT2D eigenvalue weighted by Gasteiger charge is 2.34. The van der Waals surface area contributed by atoms with Crippen molar-refractivity contribution in [2.24, 2.45) is 5.92 Å². The average molecular weight is 365 g/mol. The topological polar surface area (TPSA) is 97.5 Å². The lowest BCUT2D eigenvalue weighted by molar-refractivity contribution is 0.0347. The molecule has 2 aliphatic carbocycles. The van der Waals surface area contributed by atoms with Gasteiger partial charge in [0.05, 0.1) is 6.04 Å². The lowest BCUT2D eigenvalue weighted by Gasteiger charge is -2.29. The van der Waals surface area contributed by atoms with Crippen molar-refractivity contribution in [3.63, 3.8) is 0 Å². The lowest BCUT2D eigenvalue weighted by atomic mass is 9.83. The Morgan fingerprint density at radius 3 is 2.54 bits per heavy atom. The molecule has 0 aromatic carbocycles. The van der Waals surface area contributed by atoms with Crippen LogP contribution in [-0.4, -0.2) is 33.0 Å². The van der Waals surface area contributed by atoms with E-state index in [1.165, 1.54) is 19.3 Å². The molecule has 1 aromatic rings. The number of amides is 1. The zero-order valence-corrected chi connectivity index (χ0v) is 16.0. The minimum Gasteiger partial charge on any atom is -0.444 e. The molecule has 2 atom stereocenters. The van der Waals surface area contributed by atoms with Crippen LogP contribution in [0.25, 0.3) is 0 Å². The van der Waals surface area contributed by atoms with Crippen molar-refractivity contribution in [2.45, 2.75) is 95.8 Å². The van der Waals surface area contributed by atoms with E-state index in [2.05, 4.69) is 15.5 Å². The van der Waals surface area contributed by atoms with E-state index in [0.29, 0.717) is 24.1 Å². The Morgan fingerprint density at radius 2 is 1.92 bits per heavy atom. The van der Waals surface area contributed by atoms with Crippen LogP contribution in [0.15, 0.2) is 4.42 Å². The molecule has 26 heavy (non-hydrogen) atoms. The third-order valence-electron chi connectivity index (χ3n) is 5.03. The normalized spacial score (nSPS) is 21.2. The van der Waals surface area contributed by atoms with Crippen LogP contribution in [0, 0.1) is 5.92 Å². The molecule has 0 aliphatic heterocycles. The summed E-state index contributed by atoms with van der Waals surface area (Å²) in [5.41, 5.74) is -0.589. The van der Waals surface area contributed by atoms with Crippen LogP contribution in [-0.2, 0) is 4.74 Å². The van der Waals surface area contributed by atoms with E-state index in [9.17, 15) is 9.90 Å². The first-order chi connectivity index (χ1) is 12.3. The molecule has 0 radical (unpaired) electrons. The van der Waals surface area contributed by atoms with Gasteiger partial charge in [0.1, 0.15) is 5.60 Å². The summed E-state index contributed by atoms with van der Waals surface area (Å²) >= 11 is 0. The number of carbonyl (C=O) groups is 1. The molecule has 0 saturated heterocycles. The molecule has 0 bridgehead atoms. The molecule has 2 fully saturated rings. The van der Waals surface area contributed by atoms with Gasteiger partial charge in [0.2, 0.25) is 11.8 Å². The summed E-state index contributed by atoms with van der Waals surface area (Å²) in [5, 5.41) is 21.7. The first-order valence-corrected chi connectivity index (χ1v) is 9.82. The summed E-state index contributed by atoms with van der Waals surface area (Å²) in [6, 6.07) is -0.500. The fourth-order valence-corrected chi connectivity index (χ4v) is 3.54. The molecule has 146 valence electrons. The van der Waals surface area contributed by atoms with E-state index >= 15 is 0 Å². The minimum atomic E-state index is -1.02. The van der Waals surface area contributed by atoms with Crippen molar-refractivity contribution in [2.75, 3.05) is 0 Å². The van der Waals surface area contributed by atoms with Gasteiger partial charge in [-0.15, -0.1) is 10.2 Å². The number of hydrogen-bond donors (Lipinski definition) is 2. The van der Waals surface area contributed by atoms with Crippen LogP contribution in [0.3, 0.4) is 0 Å². The summed E-state index contributed by atoms with van der Waals surface area (Å²) in [4.78, 5) is 12.3. The molecule has 2 aliphatic rings. The zero-order valence-electron chi connectivity index (χ0n) is 16.0. The second kappa shape index (κ2) is 7.94. The quantitative estimate of drug-likeness (QED) is 0.795. The number of nitrogens with zero attached hydrogens (tertiary/aromatic N) is 2. The van der Waals surface area contributed by atoms with Crippen LogP contribution in [0.5, 0.6) is 0 Å². The van der Waals surface area contributed by atoms with Crippen LogP contribution < -0.4 is 5.32 Å². The van der Waals surface area contributed by atoms with Crippen molar-refractivity contribution >= 4 is 6.09 Å². The Morgan fingerprint density at radius 1 is 1.23 bits per heavy atom. The lowest BCUT2D eigenvalue weighted by Crippen LogP contribution is -2.43. The summed E-state index contributed by atoms with van der Waals surface area (Å²) in [6.45, 7) is 5.46. The summed E-state index contributed by atoms with van der Waals surface area (Å²) in [7, 11) is 0. The van der Waals surface area contributed by atoms with E-state index in [0.717, 1.165) is 25.7 Å². The maximum absolute atomic E-state index is 12.3. The molecular weight excluding hydrogens is 334 g/mol. The van der Waals surface area contributed by atoms with Gasteiger partial charge >= 0.3 is 6.09 Å². The van der Waals surface area contributed by atoms with Gasteiger partial charge in [0, 0.05) is 5.92 Å². The van der Waals surface area contributed by atoms with E-state index < -0.39 is 23.8 Å². The largest absolute Gasteiger partial charge is 0.444 e. The molecule has 2 N–H and O–H groups in total. The smallest absolute Gasteiger partial charge is 0.407 e. The second-order valence-corrected chi connectivity index (χ2v) is 8.69. The van der Waals surface area contributed by atoms with Gasteiger partial charge in [0.25, 0.3) is 0 Å². The summed E-state index contributed by atoms with van der Waals surface area (Å²) in [5.74, 6) is 1.58. The number of aliphatic hydroxyl groups excluding tert-OH is 1. The van der Waals surface area contributed by atoms with Gasteiger partial charge in [-0.3, -0.25) is 0 Å². The Kier molecular flexibility index (Phi) is 5.85. The van der Waals surface area contributed by atoms with Gasteiger partial charge in [0.15, 0.2) is 6.10 Å². The Hall–Kier alpha value is -1.63. The number of aliphatic hydroxyl groups is 1. The number of nitrogens with one attached hydrogen (secondary N) is 1. The first kappa shape index (κ1) is 19.1. The Labute approximate surface area is 154 Å². The molecule has 0 spiro atoms. The first-order valence-electron chi connectivity index (χ1n) is 9.82. The number of rotatable bonds is 6. The van der Waals surface area contributed by atoms with Crippen LogP contribution in [0.4, 0.5) is 4.79 Å². The van der Waals surface area contributed by atoms with E-state index in [1.807, 2.05) is 20.8 Å². The predicted octanol–water partition coefficient (Wildman–Crippen LogP) is 3.84. The van der Waals surface area contributed by atoms with Crippen molar-refractivity contribution in [1.82, 2.24) is 15.5 Å². The predicted molar refractivity (Wildman–Crippen MR) is 95.6 cm³/mol. The number of alkyl carbamates (subject to hydrolysis) is 1. The van der Waals surface area contributed by atoms with E-state index in [-0.39, 0.29) is 5.89 Å². The van der Waals surface area contributed by atoms with E-state index in [4.69, 9.17) is 9.15 Å². The molecule has 2 saturated carbocycles. The fraction of sp³-hybridized carbons (Fsp3) is 0.842. The van der Waals surface area contributed by atoms with Gasteiger partial charge < -0.3 is 19.6 Å². The van der Waals surface area contributed by atoms with Gasteiger partial charge in [-0.2, -0.15) is 0 Å². The molecule has 3 rings (SSSR count). The molecule has 7 nitrogen and oxygen atoms in total. The van der Waals surface area contributed by atoms with Gasteiger partial charge in [-0.25, -0.2) is 4.79 Å². The van der Waals surface area contributed by atoms with Crippen LogP contribution >= 0.6 is 0 Å². The highest BCUT2D eigenvalue weighted by molar-refractivity contribution is 5.68. The molecule has 7 heteroatoms. The molecule has 1 amide bonds. The van der Waals surface area contributed by atoms with Crippen molar-refractivity contribution in [1.29, 1.82) is 0 Å². The summed E-state index contributed by atoms with van der Waals surface area (Å²) < 4.78 is 11.0. The second-order valence-electron chi connectivity index (χ2n) is 8.69. The third kappa shape index (κ3) is 5.43. The number of carbonyl (C=O) groups excluding carboxylic acids is 1. The molecule has 1 heterocycles. The highest BCUT2D eigenvalue weighted by Crippen LogP contribution is 2.40. The van der Waals surface area contributed by atoms with Crippen LogP contribution in [0.2, 0.25) is 0 Å². The fourth-order valence-electron chi connectivity index (χ4n) is 3.54. The maximum Gasteiger partial charge on any atom is 0.407 e. The Bertz CT molecular complexity index is 600. The standard InChI is InChI=1S/C19H31N3O4/c1-19(2,3)26-18(24)20-14(11-12-7-5-4-6-8-12)15(23)17-22-21-16(25-17)13-9-10-13/h12-15,23H,4-11H2,1-3H3,(H,20,24)/t14-,15?/m0/s1. The zero-order chi connectivity index (χ0) is 18.7. The molecule has 1 unspecified atom stereocenters. The van der Waals surface area contributed by atoms with Crippen molar-refractivity contribution in [3.8, 4) is 0 Å². The van der Waals surface area contributed by atoms with Crippen LogP contribution in [0.1, 0.15) is 95.9 Å². The number of hydrogen-bond acceptors (Lipinski definition) is 6. The molecular formula is C19H31N3O4. The average Bonchev–Trinajstić information content (AvgIpc) is 3.30. The molecule has 1 aromatic heterocycles. The van der Waals surface area contributed by atoms with Gasteiger partial charge in [-0.05, 0) is 46.0 Å². The minimum absolute atomic E-state index is 0.184. The Balaban J connectivity index is 1.68. The van der Waals surface area contributed by atoms with Gasteiger partial charge in [-0.1, -0.05) is 32.1 Å². The van der Waals surface area contributed by atoms with Crippen molar-refractivity contribution in [3.05, 3.63) is 11.8 Å². The van der Waals surface area contributed by atoms with E-state index in [1.54, 1.807) is 0 Å². The highest BCUT2D eigenvalue weighted by atomic mass is 16.6. The number of aromatic nitrogens is 2. The number of ether oxygens (including phenoxy) is 1. The summed E-state index contributed by atoms with van der Waals surface area (Å²) in [6.07, 6.45) is 7.15. The monoisotopic (exact) mass is 365 g/mol. The maximum atomic E-state index is 12.3. The third-order valence-corrected chi connectivity index (χ3v) is 5.03. The van der Waals surface area contributed by atoms with Crippen molar-refractivity contribution < 1.29 is 19.1 Å².